The summed E-state index contributed by atoms with van der Waals surface area (Å²) in [5, 5.41) is 0. The van der Waals surface area contributed by atoms with E-state index in [0.717, 1.165) is 50.4 Å². The average molecular weight is 732 g/mol. The maximum Gasteiger partial charge on any atom is 0.0752 e. The van der Waals surface area contributed by atoms with Crippen molar-refractivity contribution in [2.75, 3.05) is 18.0 Å². The molecule has 0 unspecified atom stereocenters. The van der Waals surface area contributed by atoms with Crippen molar-refractivity contribution in [1.82, 2.24) is 14.9 Å². The lowest BCUT2D eigenvalue weighted by Crippen LogP contribution is -2.44. The van der Waals surface area contributed by atoms with Gasteiger partial charge in [-0.3, -0.25) is 14.9 Å². The molecule has 4 nitrogen and oxygen atoms in total. The molecule has 266 valence electrons. The van der Waals surface area contributed by atoms with E-state index in [-0.39, 0.29) is 37.2 Å². The zero-order valence-electron chi connectivity index (χ0n) is 30.8. The van der Waals surface area contributed by atoms with Gasteiger partial charge in [-0.2, -0.15) is 0 Å². The van der Waals surface area contributed by atoms with Gasteiger partial charge in [-0.1, -0.05) is 12.1 Å². The number of aryl methyl sites for hydroxylation is 6. The Morgan fingerprint density at radius 1 is 0.640 bits per heavy atom. The lowest BCUT2D eigenvalue weighted by Gasteiger charge is -2.40. The monoisotopic (exact) mass is 730 g/mol. The fourth-order valence-corrected chi connectivity index (χ4v) is 7.29. The second-order valence-electron chi connectivity index (χ2n) is 14.0. The number of aromatic nitrogens is 2. The van der Waals surface area contributed by atoms with Crippen LogP contribution in [-0.4, -0.2) is 34.0 Å². The molecule has 3 aromatic carbocycles. The number of anilines is 1. The standard InChI is InChI=1S/C43H50N4.3ClH/c1-28-18-29(2)20-41(19-28)47(27-37-10-9-14-45-43(37)39-23-32(5)35(8)33(6)24-39)40-12-16-46(17-13-40)26-36-11-15-44-42(25-36)38-21-30(3)34(7)31(4)22-38;;;/h9-11,14-15,18-25,40H,12-13,16-17,26-27H2,1-8H3;3*1H. The van der Waals surface area contributed by atoms with Crippen LogP contribution >= 0.6 is 37.2 Å². The van der Waals surface area contributed by atoms with Gasteiger partial charge in [0.05, 0.1) is 11.4 Å². The molecule has 0 aliphatic carbocycles. The number of pyridine rings is 2. The molecule has 6 rings (SSSR count). The van der Waals surface area contributed by atoms with Gasteiger partial charge in [0.2, 0.25) is 0 Å². The minimum Gasteiger partial charge on any atom is -0.364 e. The lowest BCUT2D eigenvalue weighted by atomic mass is 9.95. The van der Waals surface area contributed by atoms with Gasteiger partial charge in [-0.25, -0.2) is 0 Å². The highest BCUT2D eigenvalue weighted by Crippen LogP contribution is 2.32. The molecular weight excluding hydrogens is 679 g/mol. The normalized spacial score (nSPS) is 13.2. The molecule has 1 aliphatic rings. The Kier molecular flexibility index (Phi) is 14.5. The maximum absolute atomic E-state index is 4.95. The Morgan fingerprint density at radius 2 is 1.20 bits per heavy atom. The summed E-state index contributed by atoms with van der Waals surface area (Å²) in [6.07, 6.45) is 6.17. The number of hydrogen-bond donors (Lipinski definition) is 0. The van der Waals surface area contributed by atoms with Crippen molar-refractivity contribution in [2.45, 2.75) is 87.4 Å². The van der Waals surface area contributed by atoms with E-state index < -0.39 is 0 Å². The summed E-state index contributed by atoms with van der Waals surface area (Å²) >= 11 is 0. The van der Waals surface area contributed by atoms with Gasteiger partial charge in [0.25, 0.3) is 0 Å². The molecule has 0 spiro atoms. The molecule has 1 saturated heterocycles. The van der Waals surface area contributed by atoms with Crippen LogP contribution in [0.3, 0.4) is 0 Å². The molecule has 2 aromatic heterocycles. The molecule has 0 atom stereocenters. The van der Waals surface area contributed by atoms with Crippen molar-refractivity contribution in [1.29, 1.82) is 0 Å². The maximum atomic E-state index is 4.95. The first-order valence-electron chi connectivity index (χ1n) is 17.2. The zero-order valence-corrected chi connectivity index (χ0v) is 33.3. The molecule has 0 N–H and O–H groups in total. The molecule has 0 radical (unpaired) electrons. The summed E-state index contributed by atoms with van der Waals surface area (Å²) in [4.78, 5) is 15.0. The van der Waals surface area contributed by atoms with Gasteiger partial charge in [0.1, 0.15) is 0 Å². The smallest absolute Gasteiger partial charge is 0.0752 e. The number of nitrogens with zero attached hydrogens (tertiary/aromatic N) is 4. The second kappa shape index (κ2) is 17.7. The highest BCUT2D eigenvalue weighted by Gasteiger charge is 2.27. The molecule has 50 heavy (non-hydrogen) atoms. The van der Waals surface area contributed by atoms with Crippen molar-refractivity contribution in [2.24, 2.45) is 0 Å². The Balaban J connectivity index is 0.00000225. The molecule has 0 bridgehead atoms. The highest BCUT2D eigenvalue weighted by atomic mass is 35.5. The molecule has 3 heterocycles. The van der Waals surface area contributed by atoms with Crippen LogP contribution in [0.5, 0.6) is 0 Å². The third-order valence-electron chi connectivity index (χ3n) is 10.4. The Morgan fingerprint density at radius 3 is 1.78 bits per heavy atom. The molecule has 1 aliphatic heterocycles. The van der Waals surface area contributed by atoms with Crippen LogP contribution in [0, 0.1) is 55.4 Å². The van der Waals surface area contributed by atoms with Gasteiger partial charge < -0.3 is 4.90 Å². The van der Waals surface area contributed by atoms with Crippen LogP contribution in [0.25, 0.3) is 22.5 Å². The van der Waals surface area contributed by atoms with Gasteiger partial charge in [0, 0.05) is 61.4 Å². The largest absolute Gasteiger partial charge is 0.364 e. The number of likely N-dealkylation sites (tertiary alicyclic amines) is 1. The quantitative estimate of drug-likeness (QED) is 0.159. The van der Waals surface area contributed by atoms with Gasteiger partial charge in [-0.05, 0) is 178 Å². The van der Waals surface area contributed by atoms with Crippen LogP contribution in [-0.2, 0) is 13.1 Å². The summed E-state index contributed by atoms with van der Waals surface area (Å²) < 4.78 is 0. The topological polar surface area (TPSA) is 32.3 Å². The van der Waals surface area contributed by atoms with Crippen molar-refractivity contribution in [3.63, 3.8) is 0 Å². The Labute approximate surface area is 319 Å². The number of halogens is 3. The van der Waals surface area contributed by atoms with Crippen molar-refractivity contribution < 1.29 is 0 Å². The molecule has 0 amide bonds. The summed E-state index contributed by atoms with van der Waals surface area (Å²) in [5.41, 5.74) is 19.1. The molecular formula is C43H53Cl3N4. The van der Waals surface area contributed by atoms with E-state index in [1.807, 2.05) is 12.4 Å². The summed E-state index contributed by atoms with van der Waals surface area (Å²) in [6, 6.07) is 25.5. The van der Waals surface area contributed by atoms with Crippen molar-refractivity contribution >= 4 is 42.9 Å². The molecule has 7 heteroatoms. The number of benzene rings is 3. The predicted molar refractivity (Wildman–Crippen MR) is 220 cm³/mol. The van der Waals surface area contributed by atoms with Crippen LogP contribution in [0.1, 0.15) is 68.5 Å². The fourth-order valence-electron chi connectivity index (χ4n) is 7.29. The minimum absolute atomic E-state index is 0. The first-order chi connectivity index (χ1) is 22.5. The van der Waals surface area contributed by atoms with E-state index in [1.165, 1.54) is 72.4 Å². The second-order valence-corrected chi connectivity index (χ2v) is 14.0. The number of hydrogen-bond acceptors (Lipinski definition) is 4. The molecule has 5 aromatic rings. The summed E-state index contributed by atoms with van der Waals surface area (Å²) in [5.74, 6) is 0. The van der Waals surface area contributed by atoms with Crippen molar-refractivity contribution in [3.8, 4) is 22.5 Å². The Bertz CT molecular complexity index is 1850. The Hall–Kier alpha value is -3.41. The molecule has 0 saturated carbocycles. The van der Waals surface area contributed by atoms with E-state index in [2.05, 4.69) is 132 Å². The van der Waals surface area contributed by atoms with E-state index in [9.17, 15) is 0 Å². The minimum atomic E-state index is 0. The zero-order chi connectivity index (χ0) is 33.2. The van der Waals surface area contributed by atoms with Gasteiger partial charge in [0.15, 0.2) is 0 Å². The fraction of sp³-hybridized carbons (Fsp3) is 0.349. The third kappa shape index (κ3) is 9.27. The summed E-state index contributed by atoms with van der Waals surface area (Å²) in [6.45, 7) is 21.6. The SMILES string of the molecule is Cc1cc(C)cc(N(Cc2cccnc2-c2cc(C)c(C)c(C)c2)C2CCN(Cc3ccnc(-c4cc(C)c(C)c(C)c4)c3)CC2)c1.Cl.Cl.Cl. The highest BCUT2D eigenvalue weighted by molar-refractivity contribution is 5.86. The van der Waals surface area contributed by atoms with E-state index in [0.29, 0.717) is 6.04 Å². The van der Waals surface area contributed by atoms with Gasteiger partial charge in [-0.15, -0.1) is 37.2 Å². The molecule has 1 fully saturated rings. The third-order valence-corrected chi connectivity index (χ3v) is 10.4. The van der Waals surface area contributed by atoms with Crippen LogP contribution in [0.15, 0.2) is 79.1 Å². The van der Waals surface area contributed by atoms with Crippen molar-refractivity contribution in [3.05, 3.63) is 135 Å². The number of piperidine rings is 1. The summed E-state index contributed by atoms with van der Waals surface area (Å²) in [7, 11) is 0. The predicted octanol–water partition coefficient (Wildman–Crippen LogP) is 11.2. The van der Waals surface area contributed by atoms with Crippen LogP contribution in [0.4, 0.5) is 5.69 Å². The van der Waals surface area contributed by atoms with E-state index in [1.54, 1.807) is 0 Å². The van der Waals surface area contributed by atoms with Crippen LogP contribution < -0.4 is 4.90 Å². The van der Waals surface area contributed by atoms with E-state index in [4.69, 9.17) is 9.97 Å². The lowest BCUT2D eigenvalue weighted by molar-refractivity contribution is 0.201. The average Bonchev–Trinajstić information content (AvgIpc) is 3.05. The van der Waals surface area contributed by atoms with Crippen LogP contribution in [0.2, 0.25) is 0 Å². The number of rotatable bonds is 8. The van der Waals surface area contributed by atoms with E-state index >= 15 is 0 Å². The van der Waals surface area contributed by atoms with Gasteiger partial charge >= 0.3 is 0 Å². The first kappa shape index (κ1) is 41.0. The first-order valence-corrected chi connectivity index (χ1v) is 17.2.